The molecule has 0 atom stereocenters. The number of anilines is 1. The number of nitrogens with one attached hydrogen (secondary N) is 1. The molecule has 0 amide bonds. The van der Waals surface area contributed by atoms with E-state index in [4.69, 9.17) is 0 Å². The molecule has 0 saturated carbocycles. The molecule has 0 unspecified atom stereocenters. The number of nitrogens with zero attached hydrogens (tertiary/aromatic N) is 1. The van der Waals surface area contributed by atoms with Crippen LogP contribution in [0.2, 0.25) is 0 Å². The van der Waals surface area contributed by atoms with E-state index in [-0.39, 0.29) is 0 Å². The molecule has 0 bridgehead atoms. The summed E-state index contributed by atoms with van der Waals surface area (Å²) in [6, 6.07) is 21.2. The molecule has 1 N–H and O–H groups in total. The fourth-order valence-corrected chi connectivity index (χ4v) is 2.95. The zero-order valence-electron chi connectivity index (χ0n) is 12.7. The quantitative estimate of drug-likeness (QED) is 0.712. The third kappa shape index (κ3) is 6.23. The fraction of sp³-hybridized carbons (Fsp3) is 0.333. The summed E-state index contributed by atoms with van der Waals surface area (Å²) in [6.07, 6.45) is 0. The minimum absolute atomic E-state index is 1.03. The van der Waals surface area contributed by atoms with E-state index >= 15 is 0 Å². The molecule has 2 rings (SSSR count). The van der Waals surface area contributed by atoms with Gasteiger partial charge < -0.3 is 10.2 Å². The van der Waals surface area contributed by atoms with Crippen molar-refractivity contribution in [3.8, 4) is 0 Å². The molecule has 0 aliphatic heterocycles. The van der Waals surface area contributed by atoms with E-state index in [0.717, 1.165) is 31.1 Å². The molecule has 0 aromatic heterocycles. The molecule has 0 spiro atoms. The summed E-state index contributed by atoms with van der Waals surface area (Å²) < 4.78 is 0. The van der Waals surface area contributed by atoms with Crippen molar-refractivity contribution in [2.75, 3.05) is 37.3 Å². The van der Waals surface area contributed by atoms with Crippen LogP contribution >= 0.6 is 11.8 Å². The van der Waals surface area contributed by atoms with Crippen molar-refractivity contribution in [1.29, 1.82) is 0 Å². The number of hydrogen-bond acceptors (Lipinski definition) is 3. The van der Waals surface area contributed by atoms with E-state index in [0.29, 0.717) is 0 Å². The van der Waals surface area contributed by atoms with E-state index in [1.165, 1.54) is 11.3 Å². The lowest BCUT2D eigenvalue weighted by atomic mass is 10.2. The Morgan fingerprint density at radius 2 is 1.57 bits per heavy atom. The molecule has 21 heavy (non-hydrogen) atoms. The predicted molar refractivity (Wildman–Crippen MR) is 95.2 cm³/mol. The SMILES string of the molecule is CN(CCNCCSCc1ccccc1)c1ccccc1. The monoisotopic (exact) mass is 300 g/mol. The fourth-order valence-electron chi connectivity index (χ4n) is 2.09. The highest BCUT2D eigenvalue weighted by molar-refractivity contribution is 7.98. The van der Waals surface area contributed by atoms with Crippen molar-refractivity contribution < 1.29 is 0 Å². The van der Waals surface area contributed by atoms with Crippen LogP contribution in [-0.4, -0.2) is 32.4 Å². The summed E-state index contributed by atoms with van der Waals surface area (Å²) >= 11 is 1.99. The largest absolute Gasteiger partial charge is 0.373 e. The Hall–Kier alpha value is -1.45. The molecule has 0 heterocycles. The first kappa shape index (κ1) is 15.9. The third-order valence-corrected chi connectivity index (χ3v) is 4.39. The van der Waals surface area contributed by atoms with Gasteiger partial charge in [0, 0.05) is 43.9 Å². The zero-order valence-corrected chi connectivity index (χ0v) is 13.5. The second kappa shape index (κ2) is 9.48. The van der Waals surface area contributed by atoms with Crippen LogP contribution in [0.1, 0.15) is 5.56 Å². The molecule has 3 heteroatoms. The maximum atomic E-state index is 3.51. The smallest absolute Gasteiger partial charge is 0.0364 e. The van der Waals surface area contributed by atoms with Crippen molar-refractivity contribution in [2.24, 2.45) is 0 Å². The molecule has 0 aliphatic carbocycles. The van der Waals surface area contributed by atoms with E-state index in [1.54, 1.807) is 0 Å². The minimum Gasteiger partial charge on any atom is -0.373 e. The first-order chi connectivity index (χ1) is 10.4. The number of rotatable bonds is 9. The zero-order chi connectivity index (χ0) is 14.8. The Balaban J connectivity index is 1.50. The van der Waals surface area contributed by atoms with Gasteiger partial charge in [-0.15, -0.1) is 0 Å². The molecule has 2 aromatic carbocycles. The second-order valence-electron chi connectivity index (χ2n) is 5.05. The molecule has 0 fully saturated rings. The molecular formula is C18H24N2S. The van der Waals surface area contributed by atoms with E-state index in [9.17, 15) is 0 Å². The van der Waals surface area contributed by atoms with Gasteiger partial charge in [-0.1, -0.05) is 48.5 Å². The maximum absolute atomic E-state index is 3.51. The number of para-hydroxylation sites is 1. The van der Waals surface area contributed by atoms with Crippen LogP contribution in [0.15, 0.2) is 60.7 Å². The summed E-state index contributed by atoms with van der Waals surface area (Å²) in [5.41, 5.74) is 2.68. The summed E-state index contributed by atoms with van der Waals surface area (Å²) in [4.78, 5) is 2.28. The van der Waals surface area contributed by atoms with Gasteiger partial charge in [0.2, 0.25) is 0 Å². The van der Waals surface area contributed by atoms with Gasteiger partial charge in [-0.25, -0.2) is 0 Å². The van der Waals surface area contributed by atoms with Crippen LogP contribution in [0, 0.1) is 0 Å². The van der Waals surface area contributed by atoms with Gasteiger partial charge in [-0.05, 0) is 17.7 Å². The standard InChI is InChI=1S/C18H24N2S/c1-20(18-10-6-3-7-11-18)14-12-19-13-15-21-16-17-8-4-2-5-9-17/h2-11,19H,12-16H2,1H3. The first-order valence-corrected chi connectivity index (χ1v) is 8.60. The van der Waals surface area contributed by atoms with Crippen molar-refractivity contribution in [3.05, 3.63) is 66.2 Å². The second-order valence-corrected chi connectivity index (χ2v) is 6.15. The highest BCUT2D eigenvalue weighted by Crippen LogP contribution is 2.11. The number of thioether (sulfide) groups is 1. The summed E-state index contributed by atoms with van der Waals surface area (Å²) in [6.45, 7) is 3.13. The van der Waals surface area contributed by atoms with Gasteiger partial charge in [0.1, 0.15) is 0 Å². The van der Waals surface area contributed by atoms with Crippen molar-refractivity contribution in [1.82, 2.24) is 5.32 Å². The van der Waals surface area contributed by atoms with Crippen LogP contribution < -0.4 is 10.2 Å². The topological polar surface area (TPSA) is 15.3 Å². The normalized spacial score (nSPS) is 10.5. The van der Waals surface area contributed by atoms with Crippen LogP contribution in [0.25, 0.3) is 0 Å². The van der Waals surface area contributed by atoms with Crippen molar-refractivity contribution >= 4 is 17.4 Å². The van der Waals surface area contributed by atoms with Crippen LogP contribution in [0.3, 0.4) is 0 Å². The molecule has 2 nitrogen and oxygen atoms in total. The molecular weight excluding hydrogens is 276 g/mol. The number of likely N-dealkylation sites (N-methyl/N-ethyl adjacent to an activating group) is 1. The van der Waals surface area contributed by atoms with E-state index < -0.39 is 0 Å². The van der Waals surface area contributed by atoms with Gasteiger partial charge in [-0.2, -0.15) is 11.8 Å². The van der Waals surface area contributed by atoms with Gasteiger partial charge in [0.15, 0.2) is 0 Å². The maximum Gasteiger partial charge on any atom is 0.0364 e. The summed E-state index contributed by atoms with van der Waals surface area (Å²) in [7, 11) is 2.14. The molecule has 0 saturated heterocycles. The van der Waals surface area contributed by atoms with Crippen LogP contribution in [0.5, 0.6) is 0 Å². The van der Waals surface area contributed by atoms with Crippen molar-refractivity contribution in [3.63, 3.8) is 0 Å². The Bertz CT molecular complexity index is 487. The van der Waals surface area contributed by atoms with Crippen LogP contribution in [0.4, 0.5) is 5.69 Å². The Kier molecular flexibility index (Phi) is 7.19. The van der Waals surface area contributed by atoms with Crippen LogP contribution in [-0.2, 0) is 5.75 Å². The molecule has 112 valence electrons. The number of benzene rings is 2. The average molecular weight is 300 g/mol. The average Bonchev–Trinajstić information content (AvgIpc) is 2.55. The van der Waals surface area contributed by atoms with Gasteiger partial charge in [0.05, 0.1) is 0 Å². The molecule has 2 aromatic rings. The van der Waals surface area contributed by atoms with E-state index in [1.807, 2.05) is 11.8 Å². The van der Waals surface area contributed by atoms with Gasteiger partial charge >= 0.3 is 0 Å². The molecule has 0 radical (unpaired) electrons. The van der Waals surface area contributed by atoms with E-state index in [2.05, 4.69) is 77.9 Å². The summed E-state index contributed by atoms with van der Waals surface area (Å²) in [5.74, 6) is 2.26. The lowest BCUT2D eigenvalue weighted by molar-refractivity contribution is 0.710. The predicted octanol–water partition coefficient (Wildman–Crippen LogP) is 3.65. The third-order valence-electron chi connectivity index (χ3n) is 3.36. The number of hydrogen-bond donors (Lipinski definition) is 1. The highest BCUT2D eigenvalue weighted by atomic mass is 32.2. The Labute approximate surface area is 132 Å². The first-order valence-electron chi connectivity index (χ1n) is 7.45. The van der Waals surface area contributed by atoms with Gasteiger partial charge in [0.25, 0.3) is 0 Å². The van der Waals surface area contributed by atoms with Gasteiger partial charge in [-0.3, -0.25) is 0 Å². The minimum atomic E-state index is 1.03. The molecule has 0 aliphatic rings. The summed E-state index contributed by atoms with van der Waals surface area (Å²) in [5, 5.41) is 3.51. The Morgan fingerprint density at radius 3 is 2.29 bits per heavy atom. The highest BCUT2D eigenvalue weighted by Gasteiger charge is 1.98. The Morgan fingerprint density at radius 1 is 0.905 bits per heavy atom. The van der Waals surface area contributed by atoms with Crippen molar-refractivity contribution in [2.45, 2.75) is 5.75 Å². The lowest BCUT2D eigenvalue weighted by Crippen LogP contribution is -2.30. The lowest BCUT2D eigenvalue weighted by Gasteiger charge is -2.19.